The standard InChI is InChI=1S/C31H40FN5O4/c1-31(2,3)41-30(40)34-24(28(38)36-22(15-33)12-20-13-25(20)36)17-35-16-23-14-26(35)29(39)37(23)27(18-6-4-5-7-18)19-8-10-21(32)11-9-19/h8-11,18,20,22-27H,4-7,12-14,16-17H2,1-3H3,(H,34,40)/t20-,22?,23+,24?,25+,26?,27?/m1/s1. The Balaban J connectivity index is 1.21. The van der Waals surface area contributed by atoms with Crippen molar-refractivity contribution < 1.29 is 23.5 Å². The summed E-state index contributed by atoms with van der Waals surface area (Å²) < 4.78 is 19.2. The van der Waals surface area contributed by atoms with Crippen LogP contribution in [0.2, 0.25) is 0 Å². The number of carbonyl (C=O) groups is 3. The highest BCUT2D eigenvalue weighted by Crippen LogP contribution is 2.48. The zero-order valence-electron chi connectivity index (χ0n) is 24.1. The fourth-order valence-corrected chi connectivity index (χ4v) is 7.79. The number of piperidine rings is 1. The highest BCUT2D eigenvalue weighted by atomic mass is 19.1. The van der Waals surface area contributed by atoms with Gasteiger partial charge in [-0.2, -0.15) is 5.26 Å². The number of ether oxygens (including phenoxy) is 1. The molecule has 4 unspecified atom stereocenters. The third kappa shape index (κ3) is 5.41. The molecule has 6 rings (SSSR count). The van der Waals surface area contributed by atoms with Gasteiger partial charge in [0.1, 0.15) is 23.5 Å². The Labute approximate surface area is 241 Å². The molecule has 0 radical (unpaired) electrons. The SMILES string of the molecule is CC(C)(C)OC(=O)NC(CN1C[C@@H]2CC1C(=O)N2C(c1ccc(F)cc1)C1CCCC1)C(=O)N1C(C#N)C[C@@H]2C[C@@H]21. The molecule has 3 saturated heterocycles. The molecule has 2 saturated carbocycles. The lowest BCUT2D eigenvalue weighted by molar-refractivity contribution is -0.143. The van der Waals surface area contributed by atoms with Gasteiger partial charge < -0.3 is 19.9 Å². The molecule has 2 aliphatic carbocycles. The number of hydrogen-bond acceptors (Lipinski definition) is 6. The Morgan fingerprint density at radius 1 is 1.15 bits per heavy atom. The lowest BCUT2D eigenvalue weighted by atomic mass is 9.89. The molecule has 7 atom stereocenters. The number of likely N-dealkylation sites (tertiary alicyclic amines) is 3. The van der Waals surface area contributed by atoms with Crippen LogP contribution in [0.5, 0.6) is 0 Å². The summed E-state index contributed by atoms with van der Waals surface area (Å²) in [7, 11) is 0. The van der Waals surface area contributed by atoms with Crippen molar-refractivity contribution in [1.29, 1.82) is 5.26 Å². The second-order valence-electron chi connectivity index (χ2n) is 13.5. The van der Waals surface area contributed by atoms with Gasteiger partial charge in [0.15, 0.2) is 0 Å². The molecule has 2 bridgehead atoms. The minimum absolute atomic E-state index is 0.0214. The molecule has 0 aromatic heterocycles. The van der Waals surface area contributed by atoms with E-state index in [-0.39, 0.29) is 48.3 Å². The van der Waals surface area contributed by atoms with Crippen LogP contribution >= 0.6 is 0 Å². The molecule has 1 N–H and O–H groups in total. The van der Waals surface area contributed by atoms with Crippen LogP contribution in [-0.2, 0) is 14.3 Å². The van der Waals surface area contributed by atoms with Crippen molar-refractivity contribution in [3.63, 3.8) is 0 Å². The van der Waals surface area contributed by atoms with Crippen LogP contribution in [0.1, 0.15) is 77.3 Å². The number of piperazine rings is 1. The Kier molecular flexibility index (Phi) is 7.21. The van der Waals surface area contributed by atoms with Crippen LogP contribution in [0.15, 0.2) is 24.3 Å². The van der Waals surface area contributed by atoms with E-state index in [4.69, 9.17) is 4.74 Å². The number of hydrogen-bond donors (Lipinski definition) is 1. The van der Waals surface area contributed by atoms with Crippen LogP contribution in [-0.4, -0.2) is 81.5 Å². The van der Waals surface area contributed by atoms with E-state index < -0.39 is 23.8 Å². The monoisotopic (exact) mass is 565 g/mol. The second-order valence-corrected chi connectivity index (χ2v) is 13.5. The fourth-order valence-electron chi connectivity index (χ4n) is 7.79. The fraction of sp³-hybridized carbons (Fsp3) is 0.677. The summed E-state index contributed by atoms with van der Waals surface area (Å²) in [5.74, 6) is 0.147. The number of nitrogens with zero attached hydrogens (tertiary/aromatic N) is 4. The molecule has 5 fully saturated rings. The number of benzene rings is 1. The smallest absolute Gasteiger partial charge is 0.408 e. The molecular weight excluding hydrogens is 525 g/mol. The van der Waals surface area contributed by atoms with Gasteiger partial charge in [-0.1, -0.05) is 25.0 Å². The summed E-state index contributed by atoms with van der Waals surface area (Å²) >= 11 is 0. The second kappa shape index (κ2) is 10.6. The van der Waals surface area contributed by atoms with E-state index in [1.54, 1.807) is 25.7 Å². The summed E-state index contributed by atoms with van der Waals surface area (Å²) in [5.41, 5.74) is 0.238. The van der Waals surface area contributed by atoms with E-state index in [1.807, 2.05) is 21.9 Å². The van der Waals surface area contributed by atoms with Gasteiger partial charge >= 0.3 is 6.09 Å². The number of amides is 3. The minimum Gasteiger partial charge on any atom is -0.444 e. The van der Waals surface area contributed by atoms with Crippen LogP contribution in [0.25, 0.3) is 0 Å². The van der Waals surface area contributed by atoms with Crippen molar-refractivity contribution in [2.75, 3.05) is 13.1 Å². The van der Waals surface area contributed by atoms with Gasteiger partial charge in [0.25, 0.3) is 0 Å². The van der Waals surface area contributed by atoms with Gasteiger partial charge in [0, 0.05) is 25.2 Å². The first-order valence-electron chi connectivity index (χ1n) is 15.1. The predicted molar refractivity (Wildman–Crippen MR) is 148 cm³/mol. The van der Waals surface area contributed by atoms with Crippen molar-refractivity contribution in [2.24, 2.45) is 11.8 Å². The summed E-state index contributed by atoms with van der Waals surface area (Å²) in [6, 6.07) is 6.93. The summed E-state index contributed by atoms with van der Waals surface area (Å²) in [6.45, 7) is 6.06. The maximum absolute atomic E-state index is 14.0. The maximum atomic E-state index is 14.0. The third-order valence-electron chi connectivity index (χ3n) is 9.59. The Morgan fingerprint density at radius 3 is 2.49 bits per heavy atom. The van der Waals surface area contributed by atoms with E-state index in [0.29, 0.717) is 31.2 Å². The van der Waals surface area contributed by atoms with Crippen LogP contribution < -0.4 is 5.32 Å². The summed E-state index contributed by atoms with van der Waals surface area (Å²) in [4.78, 5) is 46.3. The lowest BCUT2D eigenvalue weighted by Crippen LogP contribution is -2.59. The van der Waals surface area contributed by atoms with Gasteiger partial charge in [-0.3, -0.25) is 14.5 Å². The number of carbonyl (C=O) groups excluding carboxylic acids is 3. The summed E-state index contributed by atoms with van der Waals surface area (Å²) in [5, 5.41) is 12.5. The molecule has 5 aliphatic rings. The predicted octanol–water partition coefficient (Wildman–Crippen LogP) is 3.75. The minimum atomic E-state index is -0.927. The molecule has 220 valence electrons. The Bertz CT molecular complexity index is 1240. The van der Waals surface area contributed by atoms with Crippen LogP contribution in [0, 0.1) is 29.0 Å². The number of halogens is 1. The first-order valence-corrected chi connectivity index (χ1v) is 15.1. The largest absolute Gasteiger partial charge is 0.444 e. The van der Waals surface area contributed by atoms with E-state index in [0.717, 1.165) is 37.7 Å². The molecule has 3 heterocycles. The van der Waals surface area contributed by atoms with E-state index in [1.165, 1.54) is 12.1 Å². The van der Waals surface area contributed by atoms with Gasteiger partial charge in [-0.25, -0.2) is 9.18 Å². The van der Waals surface area contributed by atoms with E-state index in [9.17, 15) is 24.0 Å². The Morgan fingerprint density at radius 2 is 1.85 bits per heavy atom. The molecule has 1 aromatic carbocycles. The normalized spacial score (nSPS) is 30.7. The number of nitrogens with one attached hydrogen (secondary N) is 1. The van der Waals surface area contributed by atoms with Gasteiger partial charge in [-0.05, 0) is 82.4 Å². The average Bonchev–Trinajstić information content (AvgIpc) is 3.34. The number of fused-ring (bicyclic) bond motifs is 3. The maximum Gasteiger partial charge on any atom is 0.408 e. The molecule has 3 amide bonds. The van der Waals surface area contributed by atoms with Crippen LogP contribution in [0.3, 0.4) is 0 Å². The van der Waals surface area contributed by atoms with Gasteiger partial charge in [-0.15, -0.1) is 0 Å². The average molecular weight is 566 g/mol. The molecule has 10 heteroatoms. The molecular formula is C31H40FN5O4. The van der Waals surface area contributed by atoms with E-state index >= 15 is 0 Å². The quantitative estimate of drug-likeness (QED) is 0.540. The highest BCUT2D eigenvalue weighted by Gasteiger charge is 2.57. The number of rotatable bonds is 7. The summed E-state index contributed by atoms with van der Waals surface area (Å²) in [6.07, 6.45) is 5.87. The molecule has 3 aliphatic heterocycles. The molecule has 0 spiro atoms. The van der Waals surface area contributed by atoms with Crippen molar-refractivity contribution in [3.05, 3.63) is 35.6 Å². The van der Waals surface area contributed by atoms with Crippen molar-refractivity contribution >= 4 is 17.9 Å². The number of alkyl carbamates (subject to hydrolysis) is 1. The van der Waals surface area contributed by atoms with Crippen LogP contribution in [0.4, 0.5) is 9.18 Å². The highest BCUT2D eigenvalue weighted by molar-refractivity contribution is 5.89. The van der Waals surface area contributed by atoms with E-state index in [2.05, 4.69) is 11.4 Å². The van der Waals surface area contributed by atoms with Crippen molar-refractivity contribution in [3.8, 4) is 6.07 Å². The first kappa shape index (κ1) is 28.0. The van der Waals surface area contributed by atoms with Crippen molar-refractivity contribution in [1.82, 2.24) is 20.0 Å². The van der Waals surface area contributed by atoms with Gasteiger partial charge in [0.05, 0.1) is 18.2 Å². The molecule has 41 heavy (non-hydrogen) atoms. The lowest BCUT2D eigenvalue weighted by Gasteiger charge is -2.42. The number of nitriles is 1. The zero-order valence-corrected chi connectivity index (χ0v) is 24.1. The third-order valence-corrected chi connectivity index (χ3v) is 9.59. The molecule has 1 aromatic rings. The Hall–Kier alpha value is -3.19. The van der Waals surface area contributed by atoms with Gasteiger partial charge in [0.2, 0.25) is 11.8 Å². The zero-order chi connectivity index (χ0) is 29.1. The molecule has 9 nitrogen and oxygen atoms in total. The topological polar surface area (TPSA) is 106 Å². The van der Waals surface area contributed by atoms with Crippen molar-refractivity contribution in [2.45, 2.75) is 108 Å². The first-order chi connectivity index (χ1) is 19.5.